The number of nitrogens with two attached hydrogens (primary N) is 1. The summed E-state index contributed by atoms with van der Waals surface area (Å²) in [6.45, 7) is -0.112. The van der Waals surface area contributed by atoms with Crippen LogP contribution >= 0.6 is 11.8 Å². The first kappa shape index (κ1) is 13.8. The van der Waals surface area contributed by atoms with Crippen molar-refractivity contribution in [2.24, 2.45) is 5.73 Å². The predicted molar refractivity (Wildman–Crippen MR) is 61.9 cm³/mol. The lowest BCUT2D eigenvalue weighted by Gasteiger charge is -2.12. The van der Waals surface area contributed by atoms with Crippen LogP contribution in [0.2, 0.25) is 0 Å². The number of para-hydroxylation sites is 1. The summed E-state index contributed by atoms with van der Waals surface area (Å²) in [6.07, 6.45) is 0. The molecule has 0 saturated heterocycles. The standard InChI is InChI=1S/C8H10ClN3O4S/c9-11(6-5-10)17(15,16)8-4-2-1-3-7(8)12(13)14/h1-4H,5-6,10H2. The topological polar surface area (TPSA) is 107 Å². The van der Waals surface area contributed by atoms with Gasteiger partial charge in [-0.25, -0.2) is 8.42 Å². The van der Waals surface area contributed by atoms with Crippen LogP contribution in [0.25, 0.3) is 0 Å². The van der Waals surface area contributed by atoms with Crippen LogP contribution in [-0.4, -0.2) is 30.3 Å². The van der Waals surface area contributed by atoms with Gasteiger partial charge in [-0.15, -0.1) is 3.82 Å². The summed E-state index contributed by atoms with van der Waals surface area (Å²) in [5, 5.41) is 10.7. The summed E-state index contributed by atoms with van der Waals surface area (Å²) in [5.74, 6) is 0. The highest BCUT2D eigenvalue weighted by Crippen LogP contribution is 2.26. The minimum Gasteiger partial charge on any atom is -0.329 e. The molecule has 1 aromatic rings. The van der Waals surface area contributed by atoms with Gasteiger partial charge < -0.3 is 5.73 Å². The van der Waals surface area contributed by atoms with Crippen LogP contribution < -0.4 is 5.73 Å². The minimum atomic E-state index is -4.10. The van der Waals surface area contributed by atoms with Crippen LogP contribution in [0, 0.1) is 10.1 Å². The summed E-state index contributed by atoms with van der Waals surface area (Å²) >= 11 is 5.53. The number of hydrogen-bond donors (Lipinski definition) is 1. The Balaban J connectivity index is 3.29. The van der Waals surface area contributed by atoms with Gasteiger partial charge in [0, 0.05) is 19.2 Å². The maximum Gasteiger partial charge on any atom is 0.289 e. The first-order valence-electron chi connectivity index (χ1n) is 4.53. The second-order valence-electron chi connectivity index (χ2n) is 3.03. The van der Waals surface area contributed by atoms with Crippen molar-refractivity contribution in [1.29, 1.82) is 0 Å². The smallest absolute Gasteiger partial charge is 0.289 e. The van der Waals surface area contributed by atoms with Crippen LogP contribution in [0.1, 0.15) is 0 Å². The molecule has 0 radical (unpaired) electrons. The van der Waals surface area contributed by atoms with E-state index in [4.69, 9.17) is 17.5 Å². The molecule has 0 atom stereocenters. The Hall–Kier alpha value is -1.22. The van der Waals surface area contributed by atoms with Gasteiger partial charge in [0.2, 0.25) is 0 Å². The second kappa shape index (κ2) is 5.41. The first-order chi connectivity index (χ1) is 7.91. The van der Waals surface area contributed by atoms with Crippen molar-refractivity contribution in [2.75, 3.05) is 13.1 Å². The normalized spacial score (nSPS) is 11.7. The van der Waals surface area contributed by atoms with Crippen LogP contribution in [0.5, 0.6) is 0 Å². The minimum absolute atomic E-state index is 0.0172. The lowest BCUT2D eigenvalue weighted by molar-refractivity contribution is -0.387. The summed E-state index contributed by atoms with van der Waals surface area (Å²) < 4.78 is 24.2. The summed E-state index contributed by atoms with van der Waals surface area (Å²) in [4.78, 5) is 9.48. The highest BCUT2D eigenvalue weighted by atomic mass is 35.5. The van der Waals surface area contributed by atoms with E-state index in [1.807, 2.05) is 0 Å². The molecular weight excluding hydrogens is 270 g/mol. The Morgan fingerprint density at radius 2 is 2.00 bits per heavy atom. The van der Waals surface area contributed by atoms with Crippen molar-refractivity contribution in [3.63, 3.8) is 0 Å². The largest absolute Gasteiger partial charge is 0.329 e. The molecule has 1 rings (SSSR count). The van der Waals surface area contributed by atoms with Gasteiger partial charge in [0.15, 0.2) is 4.90 Å². The number of halogens is 1. The average molecular weight is 280 g/mol. The molecule has 0 aromatic heterocycles. The van der Waals surface area contributed by atoms with Crippen molar-refractivity contribution in [3.05, 3.63) is 34.4 Å². The van der Waals surface area contributed by atoms with Crippen molar-refractivity contribution in [2.45, 2.75) is 4.90 Å². The second-order valence-corrected chi connectivity index (χ2v) is 5.47. The molecule has 0 fully saturated rings. The van der Waals surface area contributed by atoms with Gasteiger partial charge in [0.1, 0.15) is 0 Å². The average Bonchev–Trinajstić information content (AvgIpc) is 2.29. The third kappa shape index (κ3) is 2.91. The molecule has 0 aliphatic carbocycles. The lowest BCUT2D eigenvalue weighted by Crippen LogP contribution is -2.28. The van der Waals surface area contributed by atoms with Crippen LogP contribution in [0.4, 0.5) is 5.69 Å². The molecule has 2 N–H and O–H groups in total. The van der Waals surface area contributed by atoms with Gasteiger partial charge in [-0.2, -0.15) is 0 Å². The van der Waals surface area contributed by atoms with E-state index < -0.39 is 25.5 Å². The van der Waals surface area contributed by atoms with E-state index in [1.54, 1.807) is 0 Å². The number of nitrogens with zero attached hydrogens (tertiary/aromatic N) is 2. The van der Waals surface area contributed by atoms with E-state index in [-0.39, 0.29) is 13.1 Å². The highest BCUT2D eigenvalue weighted by molar-refractivity contribution is 7.90. The van der Waals surface area contributed by atoms with E-state index >= 15 is 0 Å². The Morgan fingerprint density at radius 3 is 2.53 bits per heavy atom. The van der Waals surface area contributed by atoms with Gasteiger partial charge in [-0.1, -0.05) is 12.1 Å². The maximum atomic E-state index is 11.9. The number of benzene rings is 1. The van der Waals surface area contributed by atoms with Crippen LogP contribution in [0.3, 0.4) is 0 Å². The molecule has 17 heavy (non-hydrogen) atoms. The zero-order chi connectivity index (χ0) is 13.1. The highest BCUT2D eigenvalue weighted by Gasteiger charge is 2.29. The summed E-state index contributed by atoms with van der Waals surface area (Å²) in [6, 6.07) is 4.98. The molecule has 0 saturated carbocycles. The van der Waals surface area contributed by atoms with E-state index in [9.17, 15) is 18.5 Å². The number of nitro groups is 1. The fourth-order valence-corrected chi connectivity index (χ4v) is 2.69. The zero-order valence-electron chi connectivity index (χ0n) is 8.61. The van der Waals surface area contributed by atoms with Crippen molar-refractivity contribution in [3.8, 4) is 0 Å². The third-order valence-electron chi connectivity index (χ3n) is 1.91. The maximum absolute atomic E-state index is 11.9. The fourth-order valence-electron chi connectivity index (χ4n) is 1.15. The Kier molecular flexibility index (Phi) is 4.40. The number of nitro benzene ring substituents is 1. The quantitative estimate of drug-likeness (QED) is 0.485. The monoisotopic (exact) mass is 279 g/mol. The summed E-state index contributed by atoms with van der Waals surface area (Å²) in [7, 11) is -4.10. The molecule has 7 nitrogen and oxygen atoms in total. The molecular formula is C8H10ClN3O4S. The predicted octanol–water partition coefficient (Wildman–Crippen LogP) is 0.698. The van der Waals surface area contributed by atoms with Gasteiger partial charge in [0.05, 0.1) is 4.92 Å². The molecule has 0 aliphatic rings. The summed E-state index contributed by atoms with van der Waals surface area (Å²) in [5.41, 5.74) is 4.66. The van der Waals surface area contributed by atoms with Gasteiger partial charge in [0.25, 0.3) is 15.7 Å². The van der Waals surface area contributed by atoms with E-state index in [2.05, 4.69) is 0 Å². The van der Waals surface area contributed by atoms with E-state index in [0.717, 1.165) is 12.1 Å². The Morgan fingerprint density at radius 1 is 1.41 bits per heavy atom. The Labute approximate surface area is 103 Å². The third-order valence-corrected chi connectivity index (χ3v) is 4.22. The van der Waals surface area contributed by atoms with Crippen LogP contribution in [0.15, 0.2) is 29.2 Å². The van der Waals surface area contributed by atoms with Crippen LogP contribution in [-0.2, 0) is 10.0 Å². The fraction of sp³-hybridized carbons (Fsp3) is 0.250. The van der Waals surface area contributed by atoms with Gasteiger partial charge in [-0.05, 0) is 17.8 Å². The molecule has 94 valence electrons. The van der Waals surface area contributed by atoms with Gasteiger partial charge >= 0.3 is 0 Å². The Bertz CT molecular complexity index is 519. The number of sulfonamides is 1. The van der Waals surface area contributed by atoms with Crippen molar-refractivity contribution < 1.29 is 13.3 Å². The number of rotatable bonds is 5. The van der Waals surface area contributed by atoms with E-state index in [1.165, 1.54) is 12.1 Å². The molecule has 0 spiro atoms. The van der Waals surface area contributed by atoms with E-state index in [0.29, 0.717) is 3.82 Å². The van der Waals surface area contributed by atoms with Gasteiger partial charge in [-0.3, -0.25) is 10.1 Å². The molecule has 0 aliphatic heterocycles. The molecule has 0 unspecified atom stereocenters. The molecule has 0 amide bonds. The molecule has 0 bridgehead atoms. The SMILES string of the molecule is NCCN(Cl)S(=O)(=O)c1ccccc1[N+](=O)[O-]. The van der Waals surface area contributed by atoms with Crippen molar-refractivity contribution in [1.82, 2.24) is 3.82 Å². The number of hydrogen-bond acceptors (Lipinski definition) is 5. The molecule has 1 aromatic carbocycles. The molecule has 0 heterocycles. The molecule has 9 heteroatoms. The first-order valence-corrected chi connectivity index (χ1v) is 6.31. The van der Waals surface area contributed by atoms with Crippen molar-refractivity contribution >= 4 is 27.5 Å². The lowest BCUT2D eigenvalue weighted by atomic mass is 10.3. The zero-order valence-corrected chi connectivity index (χ0v) is 10.2.